The summed E-state index contributed by atoms with van der Waals surface area (Å²) < 4.78 is 0. The van der Waals surface area contributed by atoms with Gasteiger partial charge in [0.1, 0.15) is 60.4 Å². The first kappa shape index (κ1) is 73.1. The molecule has 25 heteroatoms. The zero-order valence-corrected chi connectivity index (χ0v) is 53.9. The van der Waals surface area contributed by atoms with Gasteiger partial charge in [-0.05, 0) is 95.5 Å². The van der Waals surface area contributed by atoms with Crippen LogP contribution >= 0.6 is 0 Å². The molecule has 2 fully saturated rings. The number of aliphatic hydroxyl groups is 1. The van der Waals surface area contributed by atoms with Crippen molar-refractivity contribution in [3.8, 4) is 0 Å². The van der Waals surface area contributed by atoms with Gasteiger partial charge in [-0.25, -0.2) is 0 Å². The summed E-state index contributed by atoms with van der Waals surface area (Å²) in [6.45, 7) is 20.4. The summed E-state index contributed by atoms with van der Waals surface area (Å²) in [5, 5.41) is 27.0. The van der Waals surface area contributed by atoms with E-state index < -0.39 is 150 Å². The highest BCUT2D eigenvalue weighted by Crippen LogP contribution is 2.20. The zero-order chi connectivity index (χ0) is 65.2. The average Bonchev–Trinajstić information content (AvgIpc) is 2.86. The number of hydrogen-bond donors (Lipinski definition) is 7. The average molecular weight is 1210 g/mol. The molecule has 0 radical (unpaired) electrons. The fourth-order valence-electron chi connectivity index (χ4n) is 10.4. The van der Waals surface area contributed by atoms with Crippen LogP contribution in [-0.2, 0) is 64.0 Å². The first-order valence-corrected chi connectivity index (χ1v) is 30.2. The van der Waals surface area contributed by atoms with Gasteiger partial charge < -0.3 is 66.4 Å². The molecule has 0 spiro atoms. The molecule has 12 amide bonds. The highest BCUT2D eigenvalue weighted by atomic mass is 16.3. The molecule has 0 bridgehead atoms. The third kappa shape index (κ3) is 21.1. The smallest absolute Gasteiger partial charge is 0.248 e. The van der Waals surface area contributed by atoms with Crippen molar-refractivity contribution in [2.75, 3.05) is 54.9 Å². The molecule has 2 saturated heterocycles. The van der Waals surface area contributed by atoms with Crippen molar-refractivity contribution in [3.05, 3.63) is 35.9 Å². The van der Waals surface area contributed by atoms with Gasteiger partial charge in [-0.1, -0.05) is 85.7 Å². The van der Waals surface area contributed by atoms with Crippen LogP contribution in [-0.4, -0.2) is 227 Å². The standard InChI is InChI=1S/C61H100N12O13/c1-34(2)28-43-53(78)65-44(59(84)72(17)46(30-36(5)6)55(80)66-50(37(7)8)61(86)69(14)40(11)52(77)63-39(10)58(83)73-26-22-19-23-27-73)32-48(75)62-38(9)57(82)71(16)45(29-35(3)4)56(81)67-51(41(12)74)60(85)68(13)33-49(76)70(15)47(54(79)64-43)31-42-24-20-18-21-25-42/h18,20-21,24-25,34-41,43-47,50-51,74H,19,22-23,26-33H2,1-17H3,(H,62,75)(H,63,77)(H,64,79)(H,65,78)(H,66,80)(H,67,81)/t38-,39-,40-,41+,43-,44-,45-,46-,47-,50-,51-/m0/s1. The lowest BCUT2D eigenvalue weighted by Gasteiger charge is -2.36. The van der Waals surface area contributed by atoms with Crippen LogP contribution in [0.3, 0.4) is 0 Å². The maximum atomic E-state index is 15.2. The first-order valence-electron chi connectivity index (χ1n) is 30.2. The summed E-state index contributed by atoms with van der Waals surface area (Å²) in [5.41, 5.74) is 0.633. The number of likely N-dealkylation sites (N-methyl/N-ethyl adjacent to an activating group) is 5. The van der Waals surface area contributed by atoms with Crippen LogP contribution in [0.5, 0.6) is 0 Å². The molecule has 1 aromatic carbocycles. The Morgan fingerprint density at radius 3 is 1.79 bits per heavy atom. The van der Waals surface area contributed by atoms with Gasteiger partial charge in [0.15, 0.2) is 0 Å². The Labute approximate surface area is 508 Å². The summed E-state index contributed by atoms with van der Waals surface area (Å²) >= 11 is 0. The second-order valence-corrected chi connectivity index (χ2v) is 25.0. The van der Waals surface area contributed by atoms with E-state index in [0.717, 1.165) is 38.9 Å². The van der Waals surface area contributed by atoms with E-state index in [1.165, 1.54) is 60.9 Å². The van der Waals surface area contributed by atoms with Gasteiger partial charge in [0, 0.05) is 54.7 Å². The summed E-state index contributed by atoms with van der Waals surface area (Å²) in [5.74, 6) is -10.2. The molecule has 2 aliphatic heterocycles. The predicted molar refractivity (Wildman–Crippen MR) is 323 cm³/mol. The minimum absolute atomic E-state index is 0.0111. The fraction of sp³-hybridized carbons (Fsp3) is 0.705. The number of piperidine rings is 1. The number of nitrogens with one attached hydrogen (secondary N) is 6. The van der Waals surface area contributed by atoms with E-state index in [0.29, 0.717) is 18.7 Å². The van der Waals surface area contributed by atoms with Crippen LogP contribution in [0.2, 0.25) is 0 Å². The number of aliphatic hydroxyl groups excluding tert-OH is 1. The summed E-state index contributed by atoms with van der Waals surface area (Å²) in [7, 11) is 6.69. The third-order valence-electron chi connectivity index (χ3n) is 15.9. The minimum atomic E-state index is -1.77. The molecule has 482 valence electrons. The van der Waals surface area contributed by atoms with Gasteiger partial charge in [0.25, 0.3) is 0 Å². The topological polar surface area (TPSA) is 317 Å². The number of hydrogen-bond acceptors (Lipinski definition) is 13. The zero-order valence-electron chi connectivity index (χ0n) is 53.9. The van der Waals surface area contributed by atoms with Gasteiger partial charge >= 0.3 is 0 Å². The largest absolute Gasteiger partial charge is 0.391 e. The monoisotopic (exact) mass is 1210 g/mol. The van der Waals surface area contributed by atoms with Crippen molar-refractivity contribution < 1.29 is 62.6 Å². The number of benzene rings is 1. The molecule has 86 heavy (non-hydrogen) atoms. The van der Waals surface area contributed by atoms with Crippen molar-refractivity contribution >= 4 is 70.9 Å². The molecule has 0 aliphatic carbocycles. The number of carbonyl (C=O) groups excluding carboxylic acids is 12. The van der Waals surface area contributed by atoms with E-state index in [1.807, 2.05) is 0 Å². The second kappa shape index (κ2) is 33.7. The lowest BCUT2D eigenvalue weighted by Crippen LogP contribution is -2.62. The summed E-state index contributed by atoms with van der Waals surface area (Å²) in [6, 6.07) is -4.46. The Morgan fingerprint density at radius 1 is 0.663 bits per heavy atom. The number of amides is 12. The lowest BCUT2D eigenvalue weighted by molar-refractivity contribution is -0.148. The molecular weight excluding hydrogens is 1110 g/mol. The number of carbonyl (C=O) groups is 12. The van der Waals surface area contributed by atoms with E-state index in [-0.39, 0.29) is 49.3 Å². The Morgan fingerprint density at radius 2 is 1.24 bits per heavy atom. The van der Waals surface area contributed by atoms with Crippen molar-refractivity contribution in [2.24, 2.45) is 23.7 Å². The number of nitrogens with zero attached hydrogens (tertiary/aromatic N) is 6. The van der Waals surface area contributed by atoms with Gasteiger partial charge in [-0.15, -0.1) is 0 Å². The SMILES string of the molecule is CC(C)C[C@@H]1NC(=O)[C@H](Cc2ccccc2)N(C)C(=O)CN(C)C(=O)[C@H]([C@@H](C)O)NC(=O)[C@H](CC(C)C)N(C)C(=O)[C@H](C)NC(=O)C[C@@H](C(=O)N(C)[C@@H](CC(C)C)C(=O)N[C@H](C(=O)N(C)[C@@H](C)C(=O)N[C@@H](C)C(=O)N2CCCCC2)C(C)C)NC1=O. The van der Waals surface area contributed by atoms with Crippen LogP contribution in [0, 0.1) is 23.7 Å². The molecule has 0 unspecified atom stereocenters. The molecule has 11 atom stereocenters. The summed E-state index contributed by atoms with van der Waals surface area (Å²) in [4.78, 5) is 179. The summed E-state index contributed by atoms with van der Waals surface area (Å²) in [6.07, 6.45) is 0.453. The van der Waals surface area contributed by atoms with Crippen LogP contribution in [0.4, 0.5) is 0 Å². The molecule has 2 aliphatic rings. The van der Waals surface area contributed by atoms with E-state index in [1.54, 1.807) is 97.5 Å². The van der Waals surface area contributed by atoms with Crippen molar-refractivity contribution in [1.82, 2.24) is 61.3 Å². The molecule has 1 aromatic rings. The van der Waals surface area contributed by atoms with Crippen LogP contribution in [0.25, 0.3) is 0 Å². The molecule has 25 nitrogen and oxygen atoms in total. The fourth-order valence-corrected chi connectivity index (χ4v) is 10.4. The Balaban J connectivity index is 2.14. The lowest BCUT2D eigenvalue weighted by atomic mass is 9.97. The van der Waals surface area contributed by atoms with E-state index >= 15 is 4.79 Å². The molecule has 2 heterocycles. The van der Waals surface area contributed by atoms with Crippen LogP contribution in [0.15, 0.2) is 30.3 Å². The predicted octanol–water partition coefficient (Wildman–Crippen LogP) is 0.555. The molecule has 0 saturated carbocycles. The van der Waals surface area contributed by atoms with E-state index in [9.17, 15) is 57.8 Å². The normalized spacial score (nSPS) is 23.0. The molecular formula is C61H100N12O13. The van der Waals surface area contributed by atoms with Gasteiger partial charge in [-0.2, -0.15) is 0 Å². The quantitative estimate of drug-likeness (QED) is 0.0998. The highest BCUT2D eigenvalue weighted by molar-refractivity contribution is 6.00. The first-order chi connectivity index (χ1) is 40.1. The van der Waals surface area contributed by atoms with Gasteiger partial charge in [0.05, 0.1) is 19.1 Å². The molecule has 0 aromatic heterocycles. The Hall–Kier alpha value is -7.18. The molecule has 3 rings (SSSR count). The van der Waals surface area contributed by atoms with Crippen molar-refractivity contribution in [2.45, 2.75) is 201 Å². The van der Waals surface area contributed by atoms with Crippen LogP contribution < -0.4 is 31.9 Å². The Bertz CT molecular complexity index is 2540. The second-order valence-electron chi connectivity index (χ2n) is 25.0. The van der Waals surface area contributed by atoms with Crippen LogP contribution in [0.1, 0.15) is 134 Å². The minimum Gasteiger partial charge on any atom is -0.391 e. The van der Waals surface area contributed by atoms with E-state index in [4.69, 9.17) is 0 Å². The maximum absolute atomic E-state index is 15.2. The number of likely N-dealkylation sites (tertiary alicyclic amines) is 1. The molecule has 7 N–H and O–H groups in total. The van der Waals surface area contributed by atoms with Gasteiger partial charge in [0.2, 0.25) is 70.9 Å². The maximum Gasteiger partial charge on any atom is 0.248 e. The van der Waals surface area contributed by atoms with Gasteiger partial charge in [-0.3, -0.25) is 57.5 Å². The number of rotatable bonds is 19. The van der Waals surface area contributed by atoms with Crippen molar-refractivity contribution in [3.63, 3.8) is 0 Å². The third-order valence-corrected chi connectivity index (χ3v) is 15.9. The Kier molecular flexibility index (Phi) is 28.6. The van der Waals surface area contributed by atoms with E-state index in [2.05, 4.69) is 31.9 Å². The van der Waals surface area contributed by atoms with Crippen molar-refractivity contribution in [1.29, 1.82) is 0 Å². The highest BCUT2D eigenvalue weighted by Gasteiger charge is 2.42.